The molecule has 0 fully saturated rings. The summed E-state index contributed by atoms with van der Waals surface area (Å²) in [6.07, 6.45) is 0.536. The Morgan fingerprint density at radius 3 is 2.88 bits per heavy atom. The Hall–Kier alpha value is -3.12. The molecular weight excluding hydrogens is 354 g/mol. The number of imidazole rings is 1. The fourth-order valence-corrected chi connectivity index (χ4v) is 2.92. The Kier molecular flexibility index (Phi) is 4.18. The lowest BCUT2D eigenvalue weighted by Crippen LogP contribution is -2.26. The van der Waals surface area contributed by atoms with Crippen molar-refractivity contribution in [3.05, 3.63) is 75.4 Å². The molecule has 2 aromatic heterocycles. The maximum atomic E-state index is 12.3. The van der Waals surface area contributed by atoms with Gasteiger partial charge in [-0.05, 0) is 30.3 Å². The second kappa shape index (κ2) is 6.65. The Bertz CT molecular complexity index is 1150. The normalized spacial score (nSPS) is 11.1. The van der Waals surface area contributed by atoms with Crippen molar-refractivity contribution in [1.29, 1.82) is 0 Å². The zero-order chi connectivity index (χ0) is 18.1. The van der Waals surface area contributed by atoms with Crippen LogP contribution < -0.4 is 10.7 Å². The van der Waals surface area contributed by atoms with Crippen LogP contribution >= 0.6 is 11.6 Å². The molecule has 2 heterocycles. The predicted octanol–water partition coefficient (Wildman–Crippen LogP) is 3.30. The van der Waals surface area contributed by atoms with Crippen molar-refractivity contribution < 1.29 is 9.21 Å². The van der Waals surface area contributed by atoms with Crippen molar-refractivity contribution in [2.75, 3.05) is 6.54 Å². The molecule has 0 atom stereocenters. The summed E-state index contributed by atoms with van der Waals surface area (Å²) < 4.78 is 5.52. The van der Waals surface area contributed by atoms with Gasteiger partial charge in [0, 0.05) is 24.1 Å². The molecule has 0 bridgehead atoms. The predicted molar refractivity (Wildman–Crippen MR) is 99.6 cm³/mol. The SMILES string of the molecule is O=C(NCCc1nc2ccccc2[nH]1)c1cc(=O)c2cc(Cl)ccc2o1. The third-order valence-electron chi connectivity index (χ3n) is 4.00. The number of carbonyl (C=O) groups excluding carboxylic acids is 1. The van der Waals surface area contributed by atoms with Crippen LogP contribution in [0.15, 0.2) is 57.7 Å². The first kappa shape index (κ1) is 16.4. The number of benzene rings is 2. The van der Waals surface area contributed by atoms with E-state index in [1.807, 2.05) is 24.3 Å². The van der Waals surface area contributed by atoms with Crippen LogP contribution in [0, 0.1) is 0 Å². The molecule has 4 rings (SSSR count). The third-order valence-corrected chi connectivity index (χ3v) is 4.23. The number of carbonyl (C=O) groups is 1. The van der Waals surface area contributed by atoms with Gasteiger partial charge in [-0.3, -0.25) is 9.59 Å². The van der Waals surface area contributed by atoms with Crippen LogP contribution in [0.2, 0.25) is 5.02 Å². The number of hydrogen-bond acceptors (Lipinski definition) is 4. The molecule has 0 aliphatic rings. The molecule has 1 amide bonds. The summed E-state index contributed by atoms with van der Waals surface area (Å²) in [7, 11) is 0. The summed E-state index contributed by atoms with van der Waals surface area (Å²) in [5.41, 5.74) is 1.85. The highest BCUT2D eigenvalue weighted by atomic mass is 35.5. The van der Waals surface area contributed by atoms with E-state index in [9.17, 15) is 9.59 Å². The van der Waals surface area contributed by atoms with Gasteiger partial charge in [-0.15, -0.1) is 0 Å². The third kappa shape index (κ3) is 3.19. The second-order valence-corrected chi connectivity index (χ2v) is 6.26. The second-order valence-electron chi connectivity index (χ2n) is 5.82. The maximum Gasteiger partial charge on any atom is 0.287 e. The molecule has 6 nitrogen and oxygen atoms in total. The number of H-pyrrole nitrogens is 1. The first-order valence-corrected chi connectivity index (χ1v) is 8.43. The van der Waals surface area contributed by atoms with Crippen molar-refractivity contribution in [1.82, 2.24) is 15.3 Å². The minimum absolute atomic E-state index is 0.0329. The van der Waals surface area contributed by atoms with E-state index in [1.54, 1.807) is 12.1 Å². The van der Waals surface area contributed by atoms with E-state index in [1.165, 1.54) is 12.1 Å². The fourth-order valence-electron chi connectivity index (χ4n) is 2.75. The van der Waals surface area contributed by atoms with E-state index in [2.05, 4.69) is 15.3 Å². The molecule has 0 aliphatic heterocycles. The molecule has 130 valence electrons. The summed E-state index contributed by atoms with van der Waals surface area (Å²) in [4.78, 5) is 32.1. The van der Waals surface area contributed by atoms with Crippen LogP contribution in [0.25, 0.3) is 22.0 Å². The Morgan fingerprint density at radius 2 is 2.04 bits per heavy atom. The summed E-state index contributed by atoms with van der Waals surface area (Å²) in [6, 6.07) is 13.6. The van der Waals surface area contributed by atoms with Gasteiger partial charge in [0.1, 0.15) is 11.4 Å². The molecule has 26 heavy (non-hydrogen) atoms. The topological polar surface area (TPSA) is 88.0 Å². The molecule has 0 spiro atoms. The van der Waals surface area contributed by atoms with E-state index >= 15 is 0 Å². The van der Waals surface area contributed by atoms with E-state index < -0.39 is 5.91 Å². The summed E-state index contributed by atoms with van der Waals surface area (Å²) >= 11 is 5.88. The number of aromatic nitrogens is 2. The fraction of sp³-hybridized carbons (Fsp3) is 0.105. The first-order chi connectivity index (χ1) is 12.6. The molecule has 2 aromatic carbocycles. The molecule has 0 unspecified atom stereocenters. The van der Waals surface area contributed by atoms with Crippen LogP contribution in [-0.4, -0.2) is 22.4 Å². The van der Waals surface area contributed by atoms with Crippen LogP contribution in [-0.2, 0) is 6.42 Å². The lowest BCUT2D eigenvalue weighted by atomic mass is 10.2. The number of nitrogens with zero attached hydrogens (tertiary/aromatic N) is 1. The van der Waals surface area contributed by atoms with Crippen molar-refractivity contribution >= 4 is 39.5 Å². The summed E-state index contributed by atoms with van der Waals surface area (Å²) in [5, 5.41) is 3.52. The zero-order valence-corrected chi connectivity index (χ0v) is 14.3. The van der Waals surface area contributed by atoms with Crippen LogP contribution in [0.3, 0.4) is 0 Å². The van der Waals surface area contributed by atoms with E-state index in [4.69, 9.17) is 16.0 Å². The van der Waals surface area contributed by atoms with Crippen LogP contribution in [0.5, 0.6) is 0 Å². The van der Waals surface area contributed by atoms with Crippen molar-refractivity contribution in [2.24, 2.45) is 0 Å². The van der Waals surface area contributed by atoms with Gasteiger partial charge in [0.05, 0.1) is 16.4 Å². The van der Waals surface area contributed by atoms with E-state index in [0.29, 0.717) is 29.0 Å². The Balaban J connectivity index is 1.47. The average Bonchev–Trinajstić information content (AvgIpc) is 3.05. The average molecular weight is 368 g/mol. The molecular formula is C19H14ClN3O3. The van der Waals surface area contributed by atoms with E-state index in [-0.39, 0.29) is 11.2 Å². The number of rotatable bonds is 4. The Labute approximate surface area is 152 Å². The van der Waals surface area contributed by atoms with Gasteiger partial charge in [0.15, 0.2) is 11.2 Å². The first-order valence-electron chi connectivity index (χ1n) is 8.05. The number of aromatic amines is 1. The number of fused-ring (bicyclic) bond motifs is 2. The number of nitrogens with one attached hydrogen (secondary N) is 2. The van der Waals surface area contributed by atoms with Gasteiger partial charge < -0.3 is 14.7 Å². The maximum absolute atomic E-state index is 12.3. The van der Waals surface area contributed by atoms with Gasteiger partial charge in [0.25, 0.3) is 5.91 Å². The summed E-state index contributed by atoms with van der Waals surface area (Å²) in [6.45, 7) is 0.362. The minimum Gasteiger partial charge on any atom is -0.451 e. The minimum atomic E-state index is -0.449. The highest BCUT2D eigenvalue weighted by molar-refractivity contribution is 6.31. The van der Waals surface area contributed by atoms with Gasteiger partial charge >= 0.3 is 0 Å². The van der Waals surface area contributed by atoms with Gasteiger partial charge in [-0.25, -0.2) is 4.98 Å². The molecule has 2 N–H and O–H groups in total. The quantitative estimate of drug-likeness (QED) is 0.579. The van der Waals surface area contributed by atoms with Crippen LogP contribution in [0.1, 0.15) is 16.4 Å². The molecule has 0 aliphatic carbocycles. The van der Waals surface area contributed by atoms with Gasteiger partial charge in [-0.1, -0.05) is 23.7 Å². The van der Waals surface area contributed by atoms with Gasteiger partial charge in [0.2, 0.25) is 0 Å². The summed E-state index contributed by atoms with van der Waals surface area (Å²) in [5.74, 6) is 0.297. The number of para-hydroxylation sites is 2. The number of hydrogen-bond donors (Lipinski definition) is 2. The molecule has 0 saturated heterocycles. The van der Waals surface area contributed by atoms with Gasteiger partial charge in [-0.2, -0.15) is 0 Å². The van der Waals surface area contributed by atoms with Crippen molar-refractivity contribution in [3.63, 3.8) is 0 Å². The largest absolute Gasteiger partial charge is 0.451 e. The highest BCUT2D eigenvalue weighted by Gasteiger charge is 2.12. The standard InChI is InChI=1S/C19H14ClN3O3/c20-11-5-6-16-12(9-11)15(24)10-17(26-16)19(25)21-8-7-18-22-13-3-1-2-4-14(13)23-18/h1-6,9-10H,7-8H2,(H,21,25)(H,22,23). The lowest BCUT2D eigenvalue weighted by molar-refractivity contribution is 0.0927. The van der Waals surface area contributed by atoms with E-state index in [0.717, 1.165) is 16.9 Å². The van der Waals surface area contributed by atoms with Crippen molar-refractivity contribution in [2.45, 2.75) is 6.42 Å². The molecule has 4 aromatic rings. The van der Waals surface area contributed by atoms with Crippen molar-refractivity contribution in [3.8, 4) is 0 Å². The highest BCUT2D eigenvalue weighted by Crippen LogP contribution is 2.17. The smallest absolute Gasteiger partial charge is 0.287 e. The molecule has 7 heteroatoms. The monoisotopic (exact) mass is 367 g/mol. The molecule has 0 saturated carbocycles. The molecule has 0 radical (unpaired) electrons. The van der Waals surface area contributed by atoms with Crippen LogP contribution in [0.4, 0.5) is 0 Å². The number of amides is 1. The number of halogens is 1. The lowest BCUT2D eigenvalue weighted by Gasteiger charge is -2.05. The Morgan fingerprint density at radius 1 is 1.19 bits per heavy atom. The zero-order valence-electron chi connectivity index (χ0n) is 13.6.